The summed E-state index contributed by atoms with van der Waals surface area (Å²) in [5.74, 6) is 0. The average molecular weight is 143 g/mol. The maximum atomic E-state index is 10.9. The Morgan fingerprint density at radius 2 is 2.50 bits per heavy atom. The topological polar surface area (TPSA) is 29.5 Å². The standard InChI is InChI=1S/C7H13NO2/c1-3-4-8-6(2)5-10-7(8)9/h6H,3-5H2,1-2H3. The molecule has 0 radical (unpaired) electrons. The van der Waals surface area contributed by atoms with E-state index >= 15 is 0 Å². The van der Waals surface area contributed by atoms with Crippen molar-refractivity contribution in [3.05, 3.63) is 0 Å². The van der Waals surface area contributed by atoms with Crippen LogP contribution in [-0.4, -0.2) is 30.2 Å². The number of carbonyl (C=O) groups is 1. The van der Waals surface area contributed by atoms with Crippen molar-refractivity contribution in [3.8, 4) is 0 Å². The van der Waals surface area contributed by atoms with Crippen LogP contribution in [0.1, 0.15) is 20.3 Å². The minimum atomic E-state index is -0.158. The molecule has 3 heteroatoms. The molecule has 10 heavy (non-hydrogen) atoms. The van der Waals surface area contributed by atoms with Gasteiger partial charge in [-0.2, -0.15) is 0 Å². The summed E-state index contributed by atoms with van der Waals surface area (Å²) in [6.45, 7) is 5.43. The van der Waals surface area contributed by atoms with Crippen molar-refractivity contribution in [1.82, 2.24) is 4.90 Å². The Bertz CT molecular complexity index is 136. The van der Waals surface area contributed by atoms with Crippen LogP contribution >= 0.6 is 0 Å². The van der Waals surface area contributed by atoms with E-state index in [-0.39, 0.29) is 12.1 Å². The van der Waals surface area contributed by atoms with Gasteiger partial charge in [-0.25, -0.2) is 4.79 Å². The van der Waals surface area contributed by atoms with Crippen molar-refractivity contribution >= 4 is 6.09 Å². The number of rotatable bonds is 2. The van der Waals surface area contributed by atoms with E-state index in [0.717, 1.165) is 13.0 Å². The van der Waals surface area contributed by atoms with Gasteiger partial charge >= 0.3 is 6.09 Å². The molecule has 0 aliphatic carbocycles. The predicted molar refractivity (Wildman–Crippen MR) is 37.8 cm³/mol. The largest absolute Gasteiger partial charge is 0.447 e. The zero-order valence-corrected chi connectivity index (χ0v) is 6.46. The highest BCUT2D eigenvalue weighted by atomic mass is 16.6. The van der Waals surface area contributed by atoms with E-state index in [9.17, 15) is 4.79 Å². The minimum Gasteiger partial charge on any atom is -0.447 e. The fourth-order valence-corrected chi connectivity index (χ4v) is 1.10. The SMILES string of the molecule is CCCN1C(=O)OCC1C. The van der Waals surface area contributed by atoms with Gasteiger partial charge in [0.15, 0.2) is 0 Å². The van der Waals surface area contributed by atoms with Crippen LogP contribution in [0.5, 0.6) is 0 Å². The summed E-state index contributed by atoms with van der Waals surface area (Å²) in [6.07, 6.45) is 0.841. The van der Waals surface area contributed by atoms with Gasteiger partial charge in [-0.3, -0.25) is 0 Å². The first-order valence-electron chi connectivity index (χ1n) is 3.69. The smallest absolute Gasteiger partial charge is 0.410 e. The van der Waals surface area contributed by atoms with E-state index in [4.69, 9.17) is 4.74 Å². The van der Waals surface area contributed by atoms with Crippen LogP contribution in [0.3, 0.4) is 0 Å². The van der Waals surface area contributed by atoms with Crippen LogP contribution in [0.25, 0.3) is 0 Å². The minimum absolute atomic E-state index is 0.158. The van der Waals surface area contributed by atoms with Crippen LogP contribution < -0.4 is 0 Å². The van der Waals surface area contributed by atoms with Gasteiger partial charge in [-0.05, 0) is 13.3 Å². The molecule has 1 saturated heterocycles. The van der Waals surface area contributed by atoms with Gasteiger partial charge < -0.3 is 9.64 Å². The number of hydrogen-bond donors (Lipinski definition) is 0. The van der Waals surface area contributed by atoms with Crippen molar-refractivity contribution in [1.29, 1.82) is 0 Å². The molecule has 0 aromatic carbocycles. The molecule has 0 N–H and O–H groups in total. The van der Waals surface area contributed by atoms with E-state index in [1.165, 1.54) is 0 Å². The Labute approximate surface area is 61.0 Å². The van der Waals surface area contributed by atoms with Crippen LogP contribution in [0, 0.1) is 0 Å². The lowest BCUT2D eigenvalue weighted by Crippen LogP contribution is -2.31. The third-order valence-electron chi connectivity index (χ3n) is 1.68. The van der Waals surface area contributed by atoms with E-state index in [1.807, 2.05) is 6.92 Å². The molecule has 58 valence electrons. The van der Waals surface area contributed by atoms with Gasteiger partial charge in [0, 0.05) is 6.54 Å². The molecule has 3 nitrogen and oxygen atoms in total. The first-order chi connectivity index (χ1) is 4.75. The van der Waals surface area contributed by atoms with Crippen LogP contribution in [0.2, 0.25) is 0 Å². The van der Waals surface area contributed by atoms with Gasteiger partial charge in [0.05, 0.1) is 6.04 Å². The first-order valence-corrected chi connectivity index (χ1v) is 3.69. The molecule has 1 amide bonds. The van der Waals surface area contributed by atoms with Crippen molar-refractivity contribution < 1.29 is 9.53 Å². The molecule has 0 aromatic rings. The summed E-state index contributed by atoms with van der Waals surface area (Å²) in [4.78, 5) is 12.6. The fraction of sp³-hybridized carbons (Fsp3) is 0.857. The molecule has 1 unspecified atom stereocenters. The zero-order chi connectivity index (χ0) is 7.56. The van der Waals surface area contributed by atoms with Crippen LogP contribution in [-0.2, 0) is 4.74 Å². The van der Waals surface area contributed by atoms with Crippen molar-refractivity contribution in [2.75, 3.05) is 13.2 Å². The Balaban J connectivity index is 2.46. The van der Waals surface area contributed by atoms with Crippen LogP contribution in [0.4, 0.5) is 4.79 Å². The summed E-state index contributed by atoms with van der Waals surface area (Å²) >= 11 is 0. The van der Waals surface area contributed by atoms with Gasteiger partial charge in [0.1, 0.15) is 6.61 Å². The average Bonchev–Trinajstić information content (AvgIpc) is 2.20. The van der Waals surface area contributed by atoms with E-state index < -0.39 is 0 Å². The van der Waals surface area contributed by atoms with Gasteiger partial charge in [0.25, 0.3) is 0 Å². The summed E-state index contributed by atoms with van der Waals surface area (Å²) < 4.78 is 4.82. The Kier molecular flexibility index (Phi) is 2.14. The molecule has 0 spiro atoms. The molecule has 1 aliphatic heterocycles. The monoisotopic (exact) mass is 143 g/mol. The van der Waals surface area contributed by atoms with Crippen molar-refractivity contribution in [2.45, 2.75) is 26.3 Å². The Morgan fingerprint density at radius 1 is 1.80 bits per heavy atom. The molecule has 1 heterocycles. The predicted octanol–water partition coefficient (Wildman–Crippen LogP) is 1.24. The zero-order valence-electron chi connectivity index (χ0n) is 6.46. The fourth-order valence-electron chi connectivity index (χ4n) is 1.10. The molecule has 1 fully saturated rings. The van der Waals surface area contributed by atoms with Crippen molar-refractivity contribution in [2.24, 2.45) is 0 Å². The molecule has 0 bridgehead atoms. The normalized spacial score (nSPS) is 25.2. The highest BCUT2D eigenvalue weighted by Gasteiger charge is 2.27. The van der Waals surface area contributed by atoms with E-state index in [1.54, 1.807) is 4.90 Å². The summed E-state index contributed by atoms with van der Waals surface area (Å²) in [5, 5.41) is 0. The number of cyclic esters (lactones) is 1. The summed E-state index contributed by atoms with van der Waals surface area (Å²) in [7, 11) is 0. The molecular weight excluding hydrogens is 130 g/mol. The maximum Gasteiger partial charge on any atom is 0.410 e. The quantitative estimate of drug-likeness (QED) is 0.582. The first kappa shape index (κ1) is 7.38. The van der Waals surface area contributed by atoms with Gasteiger partial charge in [-0.15, -0.1) is 0 Å². The second kappa shape index (κ2) is 2.90. The molecular formula is C7H13NO2. The lowest BCUT2D eigenvalue weighted by atomic mass is 10.3. The van der Waals surface area contributed by atoms with Gasteiger partial charge in [0.2, 0.25) is 0 Å². The van der Waals surface area contributed by atoms with Gasteiger partial charge in [-0.1, -0.05) is 6.92 Å². The number of amides is 1. The van der Waals surface area contributed by atoms with Crippen LogP contribution in [0.15, 0.2) is 0 Å². The number of hydrogen-bond acceptors (Lipinski definition) is 2. The third-order valence-corrected chi connectivity index (χ3v) is 1.68. The van der Waals surface area contributed by atoms with E-state index in [2.05, 4.69) is 6.92 Å². The second-order valence-electron chi connectivity index (χ2n) is 2.62. The Hall–Kier alpha value is -0.730. The molecule has 1 rings (SSSR count). The number of ether oxygens (including phenoxy) is 1. The number of nitrogens with zero attached hydrogens (tertiary/aromatic N) is 1. The maximum absolute atomic E-state index is 10.9. The molecule has 1 atom stereocenters. The summed E-state index contributed by atoms with van der Waals surface area (Å²) in [5.41, 5.74) is 0. The lowest BCUT2D eigenvalue weighted by molar-refractivity contribution is 0.158. The van der Waals surface area contributed by atoms with Crippen molar-refractivity contribution in [3.63, 3.8) is 0 Å². The Morgan fingerprint density at radius 3 is 2.90 bits per heavy atom. The lowest BCUT2D eigenvalue weighted by Gasteiger charge is -2.15. The van der Waals surface area contributed by atoms with E-state index in [0.29, 0.717) is 6.61 Å². The second-order valence-corrected chi connectivity index (χ2v) is 2.62. The highest BCUT2D eigenvalue weighted by Crippen LogP contribution is 2.11. The molecule has 1 aliphatic rings. The number of carbonyl (C=O) groups excluding carboxylic acids is 1. The molecule has 0 aromatic heterocycles. The summed E-state index contributed by atoms with van der Waals surface area (Å²) in [6, 6.07) is 0.271. The third kappa shape index (κ3) is 1.23. The highest BCUT2D eigenvalue weighted by molar-refractivity contribution is 5.69. The molecule has 0 saturated carbocycles.